The predicted molar refractivity (Wildman–Crippen MR) is 95.3 cm³/mol. The van der Waals surface area contributed by atoms with Crippen molar-refractivity contribution in [2.24, 2.45) is 0 Å². The highest BCUT2D eigenvalue weighted by Gasteiger charge is 2.39. The monoisotopic (exact) mass is 396 g/mol. The van der Waals surface area contributed by atoms with Gasteiger partial charge in [-0.3, -0.25) is 0 Å². The molecule has 0 amide bonds. The SMILES string of the molecule is CN1[C@@H]2CC[C@H]1CC(Oc1ncc(C(=O)OC(C)(C)C)cc1Br)C2. The van der Waals surface area contributed by atoms with E-state index >= 15 is 0 Å². The minimum absolute atomic E-state index is 0.190. The van der Waals surface area contributed by atoms with Crippen LogP contribution in [0.2, 0.25) is 0 Å². The van der Waals surface area contributed by atoms with Gasteiger partial charge in [-0.2, -0.15) is 0 Å². The van der Waals surface area contributed by atoms with Crippen LogP contribution < -0.4 is 4.74 Å². The van der Waals surface area contributed by atoms with E-state index in [1.807, 2.05) is 20.8 Å². The molecule has 0 aromatic carbocycles. The van der Waals surface area contributed by atoms with Crippen molar-refractivity contribution in [2.75, 3.05) is 7.05 Å². The topological polar surface area (TPSA) is 51.7 Å². The van der Waals surface area contributed by atoms with Gasteiger partial charge in [0.1, 0.15) is 11.7 Å². The van der Waals surface area contributed by atoms with E-state index in [0.717, 1.165) is 12.8 Å². The highest BCUT2D eigenvalue weighted by Crippen LogP contribution is 2.36. The van der Waals surface area contributed by atoms with Crippen molar-refractivity contribution in [1.29, 1.82) is 0 Å². The molecular weight excluding hydrogens is 372 g/mol. The van der Waals surface area contributed by atoms with Crippen LogP contribution in [0.1, 0.15) is 56.8 Å². The molecule has 6 heteroatoms. The number of ether oxygens (including phenoxy) is 2. The lowest BCUT2D eigenvalue weighted by Crippen LogP contribution is -2.43. The lowest BCUT2D eigenvalue weighted by molar-refractivity contribution is 0.00688. The largest absolute Gasteiger partial charge is 0.473 e. The van der Waals surface area contributed by atoms with Crippen LogP contribution in [0.5, 0.6) is 5.88 Å². The third kappa shape index (κ3) is 3.91. The van der Waals surface area contributed by atoms with Crippen LogP contribution >= 0.6 is 15.9 Å². The maximum absolute atomic E-state index is 12.1. The molecule has 3 atom stereocenters. The van der Waals surface area contributed by atoms with Crippen LogP contribution in [-0.2, 0) is 4.74 Å². The number of carbonyl (C=O) groups excluding carboxylic acids is 1. The maximum Gasteiger partial charge on any atom is 0.340 e. The molecule has 3 heterocycles. The predicted octanol–water partition coefficient (Wildman–Crippen LogP) is 3.80. The van der Waals surface area contributed by atoms with Crippen LogP contribution in [0.15, 0.2) is 16.7 Å². The molecule has 2 aliphatic heterocycles. The molecule has 0 radical (unpaired) electrons. The molecule has 5 nitrogen and oxygen atoms in total. The second-order valence-corrected chi connectivity index (χ2v) is 8.63. The van der Waals surface area contributed by atoms with E-state index in [0.29, 0.717) is 28.0 Å². The zero-order chi connectivity index (χ0) is 17.5. The highest BCUT2D eigenvalue weighted by molar-refractivity contribution is 9.10. The van der Waals surface area contributed by atoms with Gasteiger partial charge in [-0.05, 0) is 75.5 Å². The van der Waals surface area contributed by atoms with Crippen LogP contribution in [-0.4, -0.2) is 46.7 Å². The summed E-state index contributed by atoms with van der Waals surface area (Å²) in [4.78, 5) is 18.9. The molecule has 1 aromatic heterocycles. The summed E-state index contributed by atoms with van der Waals surface area (Å²) in [7, 11) is 2.21. The van der Waals surface area contributed by atoms with E-state index in [1.165, 1.54) is 19.0 Å². The van der Waals surface area contributed by atoms with Crippen molar-refractivity contribution >= 4 is 21.9 Å². The molecule has 1 unspecified atom stereocenters. The van der Waals surface area contributed by atoms with Gasteiger partial charge >= 0.3 is 5.97 Å². The first-order chi connectivity index (χ1) is 11.2. The van der Waals surface area contributed by atoms with Gasteiger partial charge in [0.05, 0.1) is 10.0 Å². The van der Waals surface area contributed by atoms with E-state index < -0.39 is 5.60 Å². The van der Waals surface area contributed by atoms with Crippen molar-refractivity contribution < 1.29 is 14.3 Å². The van der Waals surface area contributed by atoms with E-state index in [-0.39, 0.29) is 12.1 Å². The van der Waals surface area contributed by atoms with E-state index in [9.17, 15) is 4.79 Å². The Hall–Kier alpha value is -1.14. The smallest absolute Gasteiger partial charge is 0.340 e. The minimum atomic E-state index is -0.522. The Morgan fingerprint density at radius 1 is 1.29 bits per heavy atom. The third-order valence-electron chi connectivity index (χ3n) is 4.78. The molecule has 3 rings (SSSR count). The molecule has 2 saturated heterocycles. The number of halogens is 1. The molecule has 24 heavy (non-hydrogen) atoms. The van der Waals surface area contributed by atoms with Gasteiger partial charge in [0, 0.05) is 18.3 Å². The number of carbonyl (C=O) groups is 1. The second-order valence-electron chi connectivity index (χ2n) is 7.77. The van der Waals surface area contributed by atoms with E-state index in [2.05, 4.69) is 32.9 Å². The number of piperidine rings is 1. The highest BCUT2D eigenvalue weighted by atomic mass is 79.9. The number of fused-ring (bicyclic) bond motifs is 2. The summed E-state index contributed by atoms with van der Waals surface area (Å²) >= 11 is 3.47. The molecule has 132 valence electrons. The number of aromatic nitrogens is 1. The molecule has 2 aliphatic rings. The van der Waals surface area contributed by atoms with Crippen LogP contribution in [0.3, 0.4) is 0 Å². The first kappa shape index (κ1) is 17.7. The fourth-order valence-corrected chi connectivity index (χ4v) is 4.02. The lowest BCUT2D eigenvalue weighted by Gasteiger charge is -2.36. The first-order valence-corrected chi connectivity index (χ1v) is 9.30. The molecule has 0 saturated carbocycles. The standard InChI is InChI=1S/C18H25BrN2O3/c1-18(2,3)24-17(22)11-7-15(19)16(20-10-11)23-14-8-12-5-6-13(9-14)21(12)4/h7,10,12-14H,5-6,8-9H2,1-4H3/t12-,13+,14?. The van der Waals surface area contributed by atoms with Gasteiger partial charge in [-0.25, -0.2) is 9.78 Å². The van der Waals surface area contributed by atoms with Crippen molar-refractivity contribution in [3.8, 4) is 5.88 Å². The number of esters is 1. The molecule has 2 bridgehead atoms. The Balaban J connectivity index is 1.66. The fourth-order valence-electron chi connectivity index (χ4n) is 3.58. The number of rotatable bonds is 3. The normalized spacial score (nSPS) is 27.1. The average molecular weight is 397 g/mol. The zero-order valence-corrected chi connectivity index (χ0v) is 16.3. The number of hydrogen-bond acceptors (Lipinski definition) is 5. The van der Waals surface area contributed by atoms with Gasteiger partial charge in [0.25, 0.3) is 0 Å². The Bertz CT molecular complexity index is 615. The summed E-state index contributed by atoms with van der Waals surface area (Å²) in [6.45, 7) is 5.54. The Morgan fingerprint density at radius 3 is 2.46 bits per heavy atom. The first-order valence-electron chi connectivity index (χ1n) is 8.50. The van der Waals surface area contributed by atoms with Crippen LogP contribution in [0.4, 0.5) is 0 Å². The average Bonchev–Trinajstić information content (AvgIpc) is 2.70. The second kappa shape index (κ2) is 6.64. The number of nitrogens with zero attached hydrogens (tertiary/aromatic N) is 2. The zero-order valence-electron chi connectivity index (χ0n) is 14.7. The van der Waals surface area contributed by atoms with Crippen molar-refractivity contribution in [3.05, 3.63) is 22.3 Å². The van der Waals surface area contributed by atoms with Crippen molar-refractivity contribution in [2.45, 2.75) is 70.2 Å². The molecule has 0 spiro atoms. The Morgan fingerprint density at radius 2 is 1.92 bits per heavy atom. The van der Waals surface area contributed by atoms with Gasteiger partial charge in [-0.15, -0.1) is 0 Å². The number of pyridine rings is 1. The van der Waals surface area contributed by atoms with Crippen LogP contribution in [0.25, 0.3) is 0 Å². The Labute approximate surface area is 151 Å². The van der Waals surface area contributed by atoms with Gasteiger partial charge < -0.3 is 14.4 Å². The van der Waals surface area contributed by atoms with Gasteiger partial charge in [0.15, 0.2) is 0 Å². The number of hydrogen-bond donors (Lipinski definition) is 0. The minimum Gasteiger partial charge on any atom is -0.473 e. The fraction of sp³-hybridized carbons (Fsp3) is 0.667. The molecular formula is C18H25BrN2O3. The summed E-state index contributed by atoms with van der Waals surface area (Å²) < 4.78 is 12.2. The van der Waals surface area contributed by atoms with Gasteiger partial charge in [0.2, 0.25) is 5.88 Å². The molecule has 0 aliphatic carbocycles. The summed E-state index contributed by atoms with van der Waals surface area (Å²) in [6, 6.07) is 2.96. The van der Waals surface area contributed by atoms with Crippen LogP contribution in [0, 0.1) is 0 Å². The van der Waals surface area contributed by atoms with Crippen molar-refractivity contribution in [3.63, 3.8) is 0 Å². The summed E-state index contributed by atoms with van der Waals surface area (Å²) in [6.07, 6.45) is 6.30. The summed E-state index contributed by atoms with van der Waals surface area (Å²) in [5.41, 5.74) is -0.0980. The van der Waals surface area contributed by atoms with Gasteiger partial charge in [-0.1, -0.05) is 0 Å². The van der Waals surface area contributed by atoms with E-state index in [1.54, 1.807) is 6.07 Å². The Kier molecular flexibility index (Phi) is 4.89. The molecule has 1 aromatic rings. The van der Waals surface area contributed by atoms with E-state index in [4.69, 9.17) is 9.47 Å². The summed E-state index contributed by atoms with van der Waals surface area (Å²) in [5.74, 6) is 0.177. The van der Waals surface area contributed by atoms with Crippen molar-refractivity contribution in [1.82, 2.24) is 9.88 Å². The quantitative estimate of drug-likeness (QED) is 0.727. The summed E-state index contributed by atoms with van der Waals surface area (Å²) in [5, 5.41) is 0. The maximum atomic E-state index is 12.1. The lowest BCUT2D eigenvalue weighted by atomic mass is 10.0. The molecule has 0 N–H and O–H groups in total. The third-order valence-corrected chi connectivity index (χ3v) is 5.34. The molecule has 2 fully saturated rings.